The van der Waals surface area contributed by atoms with Crippen molar-refractivity contribution in [3.8, 4) is 22.5 Å². The van der Waals surface area contributed by atoms with E-state index in [1.807, 2.05) is 6.20 Å². The SMILES string of the molecule is CC(C)Cc1nc(-c2ccnc(-c3cc(C(C)(C)C)c4ccccc4c3)c2)cc2ccsc12. The summed E-state index contributed by atoms with van der Waals surface area (Å²) in [5.74, 6) is 0.569. The second-order valence-electron chi connectivity index (χ2n) is 10.3. The smallest absolute Gasteiger partial charge is 0.0713 e. The summed E-state index contributed by atoms with van der Waals surface area (Å²) in [6.07, 6.45) is 2.90. The van der Waals surface area contributed by atoms with Gasteiger partial charge in [-0.2, -0.15) is 0 Å². The normalized spacial score (nSPS) is 12.2. The first-order chi connectivity index (χ1) is 15.8. The molecule has 0 aliphatic rings. The van der Waals surface area contributed by atoms with Crippen molar-refractivity contribution in [2.75, 3.05) is 0 Å². The molecule has 0 unspecified atom stereocenters. The molecule has 0 N–H and O–H groups in total. The molecular weight excluding hydrogens is 420 g/mol. The maximum absolute atomic E-state index is 5.11. The molecule has 0 saturated carbocycles. The molecule has 0 atom stereocenters. The van der Waals surface area contributed by atoms with Crippen LogP contribution >= 0.6 is 11.3 Å². The highest BCUT2D eigenvalue weighted by molar-refractivity contribution is 7.17. The zero-order valence-corrected chi connectivity index (χ0v) is 20.8. The topological polar surface area (TPSA) is 25.8 Å². The Morgan fingerprint density at radius 3 is 2.45 bits per heavy atom. The highest BCUT2D eigenvalue weighted by Gasteiger charge is 2.19. The third-order valence-electron chi connectivity index (χ3n) is 6.13. The summed E-state index contributed by atoms with van der Waals surface area (Å²) in [6.45, 7) is 11.3. The van der Waals surface area contributed by atoms with E-state index in [-0.39, 0.29) is 5.41 Å². The summed E-state index contributed by atoms with van der Waals surface area (Å²) in [4.78, 5) is 9.87. The fraction of sp³-hybridized carbons (Fsp3) is 0.267. The standard InChI is InChI=1S/C30H30N2S/c1-19(2)14-28-29-22(11-13-33-29)18-27(32-28)21-10-12-31-26(17-21)23-15-20-8-6-7-9-24(20)25(16-23)30(3,4)5/h6-13,15-19H,14H2,1-5H3. The number of hydrogen-bond acceptors (Lipinski definition) is 3. The Morgan fingerprint density at radius 1 is 0.848 bits per heavy atom. The molecule has 166 valence electrons. The minimum atomic E-state index is 0.0461. The summed E-state index contributed by atoms with van der Waals surface area (Å²) in [6, 6.07) is 21.9. The zero-order chi connectivity index (χ0) is 23.2. The fourth-order valence-corrected chi connectivity index (χ4v) is 5.42. The second kappa shape index (κ2) is 8.39. The molecule has 0 fully saturated rings. The fourth-order valence-electron chi connectivity index (χ4n) is 4.54. The van der Waals surface area contributed by atoms with Crippen molar-refractivity contribution < 1.29 is 0 Å². The number of aromatic nitrogens is 2. The summed E-state index contributed by atoms with van der Waals surface area (Å²) in [5.41, 5.74) is 6.87. The number of pyridine rings is 2. The summed E-state index contributed by atoms with van der Waals surface area (Å²) >= 11 is 1.79. The van der Waals surface area contributed by atoms with Gasteiger partial charge in [0.05, 0.1) is 21.8 Å². The molecule has 0 bridgehead atoms. The summed E-state index contributed by atoms with van der Waals surface area (Å²) in [7, 11) is 0. The Bertz CT molecular complexity index is 1450. The average Bonchev–Trinajstić information content (AvgIpc) is 3.26. The van der Waals surface area contributed by atoms with Gasteiger partial charge in [0.15, 0.2) is 0 Å². The Morgan fingerprint density at radius 2 is 1.67 bits per heavy atom. The lowest BCUT2D eigenvalue weighted by atomic mass is 9.82. The van der Waals surface area contributed by atoms with Gasteiger partial charge in [0.25, 0.3) is 0 Å². The largest absolute Gasteiger partial charge is 0.256 e. The highest BCUT2D eigenvalue weighted by atomic mass is 32.1. The van der Waals surface area contributed by atoms with Crippen LogP contribution in [0.4, 0.5) is 0 Å². The van der Waals surface area contributed by atoms with Gasteiger partial charge in [0.1, 0.15) is 0 Å². The minimum Gasteiger partial charge on any atom is -0.256 e. The van der Waals surface area contributed by atoms with Gasteiger partial charge in [-0.05, 0) is 81.3 Å². The van der Waals surface area contributed by atoms with Crippen LogP contribution in [0.1, 0.15) is 45.9 Å². The number of hydrogen-bond donors (Lipinski definition) is 0. The number of benzene rings is 2. The van der Waals surface area contributed by atoms with Crippen LogP contribution in [0.5, 0.6) is 0 Å². The molecule has 0 aliphatic carbocycles. The first-order valence-electron chi connectivity index (χ1n) is 11.7. The van der Waals surface area contributed by atoms with E-state index in [0.717, 1.165) is 28.9 Å². The van der Waals surface area contributed by atoms with Crippen molar-refractivity contribution in [1.82, 2.24) is 9.97 Å². The lowest BCUT2D eigenvalue weighted by Crippen LogP contribution is -2.12. The van der Waals surface area contributed by atoms with Gasteiger partial charge in [-0.25, -0.2) is 0 Å². The van der Waals surface area contributed by atoms with Crippen LogP contribution in [-0.4, -0.2) is 9.97 Å². The van der Waals surface area contributed by atoms with Gasteiger partial charge in [0, 0.05) is 17.3 Å². The van der Waals surface area contributed by atoms with E-state index in [1.54, 1.807) is 11.3 Å². The van der Waals surface area contributed by atoms with Crippen LogP contribution in [0.15, 0.2) is 72.2 Å². The third kappa shape index (κ3) is 4.30. The van der Waals surface area contributed by atoms with Crippen LogP contribution in [0.2, 0.25) is 0 Å². The number of rotatable bonds is 4. The van der Waals surface area contributed by atoms with E-state index >= 15 is 0 Å². The lowest BCUT2D eigenvalue weighted by Gasteiger charge is -2.22. The molecule has 0 amide bonds. The molecule has 0 spiro atoms. The summed E-state index contributed by atoms with van der Waals surface area (Å²) in [5, 5.41) is 6.01. The molecule has 0 radical (unpaired) electrons. The molecule has 0 aliphatic heterocycles. The molecule has 33 heavy (non-hydrogen) atoms. The Hall–Kier alpha value is -3.04. The maximum atomic E-state index is 5.11. The van der Waals surface area contributed by atoms with Crippen molar-refractivity contribution in [2.24, 2.45) is 5.92 Å². The number of thiophene rings is 1. The zero-order valence-electron chi connectivity index (χ0n) is 20.0. The molecule has 3 heteroatoms. The quantitative estimate of drug-likeness (QED) is 0.274. The molecule has 5 rings (SSSR count). The van der Waals surface area contributed by atoms with Crippen molar-refractivity contribution in [1.29, 1.82) is 0 Å². The van der Waals surface area contributed by atoms with E-state index in [2.05, 4.69) is 101 Å². The Kier molecular flexibility index (Phi) is 5.54. The summed E-state index contributed by atoms with van der Waals surface area (Å²) < 4.78 is 1.31. The van der Waals surface area contributed by atoms with Gasteiger partial charge >= 0.3 is 0 Å². The second-order valence-corrected chi connectivity index (χ2v) is 11.2. The predicted molar refractivity (Wildman–Crippen MR) is 143 cm³/mol. The van der Waals surface area contributed by atoms with Crippen molar-refractivity contribution in [3.63, 3.8) is 0 Å². The van der Waals surface area contributed by atoms with E-state index in [9.17, 15) is 0 Å². The molecule has 3 aromatic heterocycles. The molecule has 2 nitrogen and oxygen atoms in total. The van der Waals surface area contributed by atoms with Crippen LogP contribution in [-0.2, 0) is 11.8 Å². The molecule has 5 aromatic rings. The van der Waals surface area contributed by atoms with Gasteiger partial charge in [-0.15, -0.1) is 11.3 Å². The van der Waals surface area contributed by atoms with Crippen molar-refractivity contribution in [2.45, 2.75) is 46.5 Å². The Balaban J connectivity index is 1.65. The van der Waals surface area contributed by atoms with E-state index < -0.39 is 0 Å². The number of nitrogens with zero attached hydrogens (tertiary/aromatic N) is 2. The average molecular weight is 451 g/mol. The van der Waals surface area contributed by atoms with E-state index in [1.165, 1.54) is 32.1 Å². The molecule has 0 saturated heterocycles. The van der Waals surface area contributed by atoms with Gasteiger partial charge < -0.3 is 0 Å². The van der Waals surface area contributed by atoms with Crippen LogP contribution < -0.4 is 0 Å². The highest BCUT2D eigenvalue weighted by Crippen LogP contribution is 2.36. The van der Waals surface area contributed by atoms with E-state index in [4.69, 9.17) is 9.97 Å². The monoisotopic (exact) mass is 450 g/mol. The van der Waals surface area contributed by atoms with Crippen molar-refractivity contribution in [3.05, 3.63) is 83.5 Å². The molecular formula is C30H30N2S. The van der Waals surface area contributed by atoms with Gasteiger partial charge in [0.2, 0.25) is 0 Å². The minimum absolute atomic E-state index is 0.0461. The number of fused-ring (bicyclic) bond motifs is 2. The maximum Gasteiger partial charge on any atom is 0.0713 e. The molecule has 3 heterocycles. The first kappa shape index (κ1) is 21.8. The van der Waals surface area contributed by atoms with Crippen molar-refractivity contribution >= 4 is 32.2 Å². The van der Waals surface area contributed by atoms with E-state index in [0.29, 0.717) is 5.92 Å². The predicted octanol–water partition coefficient (Wildman–Crippen LogP) is 8.67. The lowest BCUT2D eigenvalue weighted by molar-refractivity contribution is 0.596. The first-order valence-corrected chi connectivity index (χ1v) is 12.5. The Labute approximate surface area is 200 Å². The van der Waals surface area contributed by atoms with Gasteiger partial charge in [-0.1, -0.05) is 58.9 Å². The van der Waals surface area contributed by atoms with Crippen LogP contribution in [0, 0.1) is 5.92 Å². The van der Waals surface area contributed by atoms with Crippen LogP contribution in [0.25, 0.3) is 43.4 Å². The molecule has 2 aromatic carbocycles. The van der Waals surface area contributed by atoms with Crippen LogP contribution in [0.3, 0.4) is 0 Å². The third-order valence-corrected chi connectivity index (χ3v) is 7.11. The van der Waals surface area contributed by atoms with Gasteiger partial charge in [-0.3, -0.25) is 9.97 Å².